The van der Waals surface area contributed by atoms with Crippen LogP contribution in [0.3, 0.4) is 0 Å². The summed E-state index contributed by atoms with van der Waals surface area (Å²) in [6.07, 6.45) is 8.42. The molecule has 3 atom stereocenters. The highest BCUT2D eigenvalue weighted by Gasteiger charge is 2.42. The molecular formula is C90H105Cl5N22O18. The van der Waals surface area contributed by atoms with E-state index in [1.54, 1.807) is 141 Å². The molecule has 5 amide bonds. The number of ether oxygens (including phenoxy) is 13. The molecule has 5 aromatic heterocycles. The van der Waals surface area contributed by atoms with Crippen molar-refractivity contribution in [2.45, 2.75) is 58.4 Å². The summed E-state index contributed by atoms with van der Waals surface area (Å²) in [6.45, 7) is 17.8. The van der Waals surface area contributed by atoms with Crippen LogP contribution in [-0.2, 0) is 23.7 Å². The molecule has 2 bridgehead atoms. The number of rotatable bonds is 27. The number of likely N-dealkylation sites (tertiary alicyclic amines) is 1. The predicted molar refractivity (Wildman–Crippen MR) is 510 cm³/mol. The molecule has 6 fully saturated rings. The number of morpholine rings is 5. The van der Waals surface area contributed by atoms with Crippen LogP contribution in [0, 0.1) is 0 Å². The molecule has 10 aromatic rings. The van der Waals surface area contributed by atoms with Gasteiger partial charge in [-0.15, -0.1) is 0 Å². The molecule has 40 nitrogen and oxygen atoms in total. The summed E-state index contributed by atoms with van der Waals surface area (Å²) in [4.78, 5) is 115. The standard InChI is InChI=1S/C19H23ClN4O4.C18H20ClN5O3.C18H22ClN5O3.C18H21ClN4O4.C17H19ClN4O4/c1-12(2)28-17-14(20)11-21-19(23-17)22-15-5-4-13(10-16(15)26-3)18(25)24-6-8-27-9-7-24;1-20-16-13(19)7-21-18(23-16)22-14-4-3-10(5-15(14)26-2)17(25)24-8-12-6-11(24)9-27-12;1-11-10-27-7-6-24(11)17(25)12-4-5-14(15(8-12)26-3)22-18-21-9-13(19)16(20-2)23-18;1-3-27-16-13(19)11-20-18(22-16)21-14-5-4-12(10-15(14)25-2)17(24)23-6-8-26-9-7-23;1-24-14-9-11(16(23)22-5-7-26-8-6-22)3-4-13(14)20-17-19-10-12(18)15(21-17)25-2/h4-5,10-12H,6-9H2,1-3H3,(H,21,22,23);3-5,7,11-12H,6,8-9H2,1-2H3,(H2,20,21,22,23);4-5,8-9,11H,6-7,10H2,1-3H3,(H2,20,21,22,23);4-5,10-11H,3,6-9H2,1-2H3,(H,20,21,22);3-4,9-10H,5-8H2,1-2H3,(H,19,20,21)/t;;11-;;/m..0../s1. The third-order valence-electron chi connectivity index (χ3n) is 21.1. The first-order valence-corrected chi connectivity index (χ1v) is 44.7. The zero-order valence-electron chi connectivity index (χ0n) is 76.2. The molecule has 718 valence electrons. The van der Waals surface area contributed by atoms with Crippen LogP contribution in [0.4, 0.5) is 69.8 Å². The van der Waals surface area contributed by atoms with Crippen LogP contribution in [0.2, 0.25) is 25.1 Å². The number of benzene rings is 5. The Balaban J connectivity index is 0.000000152. The van der Waals surface area contributed by atoms with Gasteiger partial charge in [0.15, 0.2) is 0 Å². The van der Waals surface area contributed by atoms with Crippen molar-refractivity contribution in [1.82, 2.24) is 74.3 Å². The minimum Gasteiger partial charge on any atom is -0.495 e. The summed E-state index contributed by atoms with van der Waals surface area (Å²) in [5, 5.41) is 23.0. The molecule has 45 heteroatoms. The Kier molecular flexibility index (Phi) is 37.0. The molecule has 0 spiro atoms. The molecule has 5 aromatic carbocycles. The quantitative estimate of drug-likeness (QED) is 0.0251. The van der Waals surface area contributed by atoms with Gasteiger partial charge in [-0.1, -0.05) is 58.0 Å². The molecule has 11 heterocycles. The lowest BCUT2D eigenvalue weighted by Gasteiger charge is -2.33. The third-order valence-corrected chi connectivity index (χ3v) is 22.4. The van der Waals surface area contributed by atoms with E-state index in [0.717, 1.165) is 6.42 Å². The van der Waals surface area contributed by atoms with E-state index in [2.05, 4.69) is 87.1 Å². The maximum Gasteiger partial charge on any atom is 0.254 e. The maximum atomic E-state index is 12.8. The SMILES string of the molecule is CCOc1nc(Nc2ccc(C(=O)N3CCOCC3)cc2OC)ncc1Cl.CNc1nc(Nc2ccc(C(=O)N3CC4CC3CO4)cc2OC)ncc1Cl.CNc1nc(Nc2ccc(C(=O)N3CCOC[C@@H]3C)cc2OC)ncc1Cl.COc1cc(C(=O)N2CCOCC2)ccc1Nc1ncc(Cl)c(OC(C)C)n1.COc1cc(C(=O)N2CCOCC2)ccc1Nc1ncc(Cl)c(OC)n1. The highest BCUT2D eigenvalue weighted by atomic mass is 35.5. The van der Waals surface area contributed by atoms with Gasteiger partial charge in [-0.25, -0.2) is 24.9 Å². The van der Waals surface area contributed by atoms with Gasteiger partial charge in [0.05, 0.1) is 192 Å². The number of nitrogens with zero attached hydrogens (tertiary/aromatic N) is 15. The van der Waals surface area contributed by atoms with Gasteiger partial charge in [0.2, 0.25) is 47.4 Å². The van der Waals surface area contributed by atoms with Gasteiger partial charge in [0, 0.05) is 94.3 Å². The fraction of sp³-hybridized carbons (Fsp3) is 0.389. The predicted octanol–water partition coefficient (Wildman–Crippen LogP) is 13.6. The molecule has 6 saturated heterocycles. The number of nitrogens with one attached hydrogen (secondary N) is 7. The van der Waals surface area contributed by atoms with Crippen LogP contribution in [0.15, 0.2) is 122 Å². The second-order valence-electron chi connectivity index (χ2n) is 30.3. The average molecular weight is 1960 g/mol. The van der Waals surface area contributed by atoms with Crippen molar-refractivity contribution in [3.05, 3.63) is 175 Å². The first kappa shape index (κ1) is 101. The summed E-state index contributed by atoms with van der Waals surface area (Å²) >= 11 is 30.0. The maximum absolute atomic E-state index is 12.8. The highest BCUT2D eigenvalue weighted by Crippen LogP contribution is 2.38. The minimum absolute atomic E-state index is 0.00383. The second kappa shape index (κ2) is 49.4. The Hall–Kier alpha value is -12.9. The van der Waals surface area contributed by atoms with Crippen molar-refractivity contribution in [1.29, 1.82) is 0 Å². The molecule has 6 aliphatic rings. The van der Waals surface area contributed by atoms with Crippen LogP contribution >= 0.6 is 58.0 Å². The number of methoxy groups -OCH3 is 6. The van der Waals surface area contributed by atoms with Crippen LogP contribution in [-0.4, -0.2) is 303 Å². The van der Waals surface area contributed by atoms with Gasteiger partial charge in [0.1, 0.15) is 65.5 Å². The van der Waals surface area contributed by atoms with E-state index in [1.165, 1.54) is 52.3 Å². The number of carbonyl (C=O) groups excluding carboxylic acids is 5. The van der Waals surface area contributed by atoms with Crippen molar-refractivity contribution in [3.8, 4) is 46.4 Å². The van der Waals surface area contributed by atoms with E-state index in [0.29, 0.717) is 282 Å². The number of carbonyl (C=O) groups is 5. The number of anilines is 12. The molecule has 0 saturated carbocycles. The van der Waals surface area contributed by atoms with Crippen molar-refractivity contribution in [2.24, 2.45) is 0 Å². The summed E-state index contributed by atoms with van der Waals surface area (Å²) in [7, 11) is 12.7. The van der Waals surface area contributed by atoms with Crippen molar-refractivity contribution in [2.75, 3.05) is 212 Å². The second-order valence-corrected chi connectivity index (χ2v) is 32.3. The summed E-state index contributed by atoms with van der Waals surface area (Å²) in [6, 6.07) is 26.3. The fourth-order valence-corrected chi connectivity index (χ4v) is 15.0. The van der Waals surface area contributed by atoms with E-state index >= 15 is 0 Å². The van der Waals surface area contributed by atoms with Gasteiger partial charge in [-0.3, -0.25) is 24.0 Å². The van der Waals surface area contributed by atoms with E-state index in [9.17, 15) is 24.0 Å². The number of hydrogen-bond donors (Lipinski definition) is 7. The number of aromatic nitrogens is 10. The van der Waals surface area contributed by atoms with Crippen LogP contribution in [0.25, 0.3) is 0 Å². The lowest BCUT2D eigenvalue weighted by atomic mass is 10.1. The first-order valence-electron chi connectivity index (χ1n) is 42.8. The summed E-state index contributed by atoms with van der Waals surface area (Å²) < 4.78 is 70.1. The van der Waals surface area contributed by atoms with E-state index in [1.807, 2.05) is 37.5 Å². The Bertz CT molecular complexity index is 5640. The van der Waals surface area contributed by atoms with E-state index < -0.39 is 0 Å². The average Bonchev–Trinajstić information content (AvgIpc) is 1.65. The Morgan fingerprint density at radius 3 is 1.04 bits per heavy atom. The number of fused-ring (bicyclic) bond motifs is 2. The third kappa shape index (κ3) is 27.0. The molecule has 6 aliphatic heterocycles. The Morgan fingerprint density at radius 2 is 0.719 bits per heavy atom. The highest BCUT2D eigenvalue weighted by molar-refractivity contribution is 6.33. The molecule has 135 heavy (non-hydrogen) atoms. The molecular weight excluding hydrogens is 1850 g/mol. The normalized spacial score (nSPS) is 15.9. The van der Waals surface area contributed by atoms with Gasteiger partial charge in [-0.2, -0.15) is 24.9 Å². The number of amides is 5. The van der Waals surface area contributed by atoms with E-state index in [-0.39, 0.29) is 59.7 Å². The zero-order valence-corrected chi connectivity index (χ0v) is 80.0. The van der Waals surface area contributed by atoms with Crippen LogP contribution in [0.5, 0.6) is 46.4 Å². The zero-order chi connectivity index (χ0) is 96.2. The monoisotopic (exact) mass is 1960 g/mol. The van der Waals surface area contributed by atoms with Crippen LogP contribution < -0.4 is 75.1 Å². The smallest absolute Gasteiger partial charge is 0.254 e. The lowest BCUT2D eigenvalue weighted by molar-refractivity contribution is 0.00357. The van der Waals surface area contributed by atoms with Gasteiger partial charge in [-0.05, 0) is 125 Å². The van der Waals surface area contributed by atoms with Gasteiger partial charge >= 0.3 is 0 Å². The van der Waals surface area contributed by atoms with Crippen molar-refractivity contribution < 1.29 is 85.6 Å². The van der Waals surface area contributed by atoms with Crippen molar-refractivity contribution in [3.63, 3.8) is 0 Å². The Labute approximate surface area is 804 Å². The molecule has 7 N–H and O–H groups in total. The molecule has 16 rings (SSSR count). The Morgan fingerprint density at radius 1 is 0.400 bits per heavy atom. The van der Waals surface area contributed by atoms with Gasteiger partial charge < -0.3 is 123 Å². The molecule has 0 radical (unpaired) electrons. The first-order chi connectivity index (χ1) is 65.3. The van der Waals surface area contributed by atoms with Crippen molar-refractivity contribution >= 4 is 157 Å². The molecule has 2 unspecified atom stereocenters. The number of halogens is 5. The lowest BCUT2D eigenvalue weighted by Crippen LogP contribution is -2.47. The number of hydrogen-bond acceptors (Lipinski definition) is 35. The summed E-state index contributed by atoms with van der Waals surface area (Å²) in [5.41, 5.74) is 5.95. The molecule has 0 aliphatic carbocycles. The summed E-state index contributed by atoms with van der Waals surface area (Å²) in [5.74, 6) is 5.92. The fourth-order valence-electron chi connectivity index (χ4n) is 14.2. The largest absolute Gasteiger partial charge is 0.495 e. The van der Waals surface area contributed by atoms with E-state index in [4.69, 9.17) is 120 Å². The van der Waals surface area contributed by atoms with Gasteiger partial charge in [0.25, 0.3) is 29.5 Å². The van der Waals surface area contributed by atoms with Crippen LogP contribution in [0.1, 0.15) is 85.9 Å². The minimum atomic E-state index is -0.0692. The topological polar surface area (TPSA) is 435 Å².